The van der Waals surface area contributed by atoms with Crippen LogP contribution < -0.4 is 10.1 Å². The number of nitrogens with one attached hydrogen (secondary N) is 1. The van der Waals surface area contributed by atoms with Gasteiger partial charge in [-0.25, -0.2) is 0 Å². The summed E-state index contributed by atoms with van der Waals surface area (Å²) < 4.78 is 5.88. The van der Waals surface area contributed by atoms with E-state index in [4.69, 9.17) is 21.4 Å². The Balaban J connectivity index is 1.41. The predicted molar refractivity (Wildman–Crippen MR) is 127 cm³/mol. The van der Waals surface area contributed by atoms with Crippen LogP contribution in [-0.4, -0.2) is 72.7 Å². The number of ether oxygens (including phenoxy) is 1. The molecule has 33 heavy (non-hydrogen) atoms. The lowest BCUT2D eigenvalue weighted by Crippen LogP contribution is -2.51. The van der Waals surface area contributed by atoms with Crippen molar-refractivity contribution in [2.24, 2.45) is 0 Å². The van der Waals surface area contributed by atoms with Gasteiger partial charge in [0.05, 0.1) is 10.6 Å². The molecule has 7 nitrogen and oxygen atoms in total. The van der Waals surface area contributed by atoms with Gasteiger partial charge in [0.1, 0.15) is 17.9 Å². The standard InChI is InChI=1S/C25H30ClN3O4/c1-28(2)25(17-6-4-3-5-7-17)10-12-29(13-11-25)23(30)20-9-8-18(14-21(20)26)33-19-15-22(24(31)32)27-16-19/h3-9,14,19,22,27H,10-13,15-16H2,1-2H3,(H,31,32)/t19-,22-/m0/s1. The van der Waals surface area contributed by atoms with Crippen LogP contribution in [0, 0.1) is 0 Å². The van der Waals surface area contributed by atoms with Gasteiger partial charge in [-0.1, -0.05) is 41.9 Å². The molecule has 2 aliphatic rings. The molecule has 2 aromatic carbocycles. The molecule has 0 unspecified atom stereocenters. The molecule has 0 aromatic heterocycles. The highest BCUT2D eigenvalue weighted by Crippen LogP contribution is 2.38. The molecular weight excluding hydrogens is 442 g/mol. The molecule has 0 spiro atoms. The molecule has 2 saturated heterocycles. The molecule has 2 heterocycles. The Hall–Kier alpha value is -2.61. The zero-order valence-electron chi connectivity index (χ0n) is 19.0. The maximum atomic E-state index is 13.2. The molecule has 176 valence electrons. The molecule has 2 aromatic rings. The smallest absolute Gasteiger partial charge is 0.320 e. The third-order valence-electron chi connectivity index (χ3n) is 6.91. The van der Waals surface area contributed by atoms with Crippen LogP contribution in [0.15, 0.2) is 48.5 Å². The van der Waals surface area contributed by atoms with Gasteiger partial charge in [-0.3, -0.25) is 14.5 Å². The summed E-state index contributed by atoms with van der Waals surface area (Å²) in [6.45, 7) is 1.74. The second-order valence-corrected chi connectivity index (χ2v) is 9.41. The SMILES string of the molecule is CN(C)C1(c2ccccc2)CCN(C(=O)c2ccc(O[C@@H]3CN[C@H](C(=O)O)C3)cc2Cl)CC1. The Kier molecular flexibility index (Phi) is 6.93. The number of amides is 1. The highest BCUT2D eigenvalue weighted by Gasteiger charge is 2.39. The highest BCUT2D eigenvalue weighted by molar-refractivity contribution is 6.34. The Morgan fingerprint density at radius 2 is 1.85 bits per heavy atom. The number of aliphatic carboxylic acids is 1. The van der Waals surface area contributed by atoms with Gasteiger partial charge < -0.3 is 20.1 Å². The minimum Gasteiger partial charge on any atom is -0.489 e. The molecule has 2 atom stereocenters. The van der Waals surface area contributed by atoms with Crippen molar-refractivity contribution in [2.75, 3.05) is 33.7 Å². The topological polar surface area (TPSA) is 82.1 Å². The van der Waals surface area contributed by atoms with Gasteiger partial charge in [-0.15, -0.1) is 0 Å². The summed E-state index contributed by atoms with van der Waals surface area (Å²) in [6, 6.07) is 14.9. The number of hydrogen-bond acceptors (Lipinski definition) is 5. The van der Waals surface area contributed by atoms with Crippen LogP contribution in [0.4, 0.5) is 0 Å². The number of carbonyl (C=O) groups excluding carboxylic acids is 1. The normalized spacial score (nSPS) is 22.4. The lowest BCUT2D eigenvalue weighted by Gasteiger charge is -2.46. The maximum Gasteiger partial charge on any atom is 0.320 e. The molecule has 8 heteroatoms. The number of likely N-dealkylation sites (tertiary alicyclic amines) is 1. The molecular formula is C25H30ClN3O4. The van der Waals surface area contributed by atoms with Crippen LogP contribution in [0.1, 0.15) is 35.2 Å². The lowest BCUT2D eigenvalue weighted by molar-refractivity contribution is -0.139. The van der Waals surface area contributed by atoms with E-state index < -0.39 is 12.0 Å². The van der Waals surface area contributed by atoms with E-state index >= 15 is 0 Å². The maximum absolute atomic E-state index is 13.2. The molecule has 0 saturated carbocycles. The summed E-state index contributed by atoms with van der Waals surface area (Å²) >= 11 is 6.46. The van der Waals surface area contributed by atoms with Crippen LogP contribution >= 0.6 is 11.6 Å². The Morgan fingerprint density at radius 3 is 2.42 bits per heavy atom. The molecule has 2 fully saturated rings. The van der Waals surface area contributed by atoms with E-state index in [1.54, 1.807) is 18.2 Å². The van der Waals surface area contributed by atoms with E-state index in [0.717, 1.165) is 12.8 Å². The van der Waals surface area contributed by atoms with Gasteiger partial charge in [0.2, 0.25) is 0 Å². The van der Waals surface area contributed by atoms with Crippen molar-refractivity contribution in [1.29, 1.82) is 0 Å². The third kappa shape index (κ3) is 4.86. The fourth-order valence-corrected chi connectivity index (χ4v) is 5.16. The Bertz CT molecular complexity index is 1010. The summed E-state index contributed by atoms with van der Waals surface area (Å²) in [6.07, 6.45) is 1.82. The van der Waals surface area contributed by atoms with E-state index in [1.807, 2.05) is 11.0 Å². The van der Waals surface area contributed by atoms with Gasteiger partial charge in [0.25, 0.3) is 5.91 Å². The third-order valence-corrected chi connectivity index (χ3v) is 7.22. The van der Waals surface area contributed by atoms with Crippen molar-refractivity contribution in [1.82, 2.24) is 15.1 Å². The van der Waals surface area contributed by atoms with Gasteiger partial charge in [0, 0.05) is 31.6 Å². The van der Waals surface area contributed by atoms with Crippen molar-refractivity contribution in [3.05, 3.63) is 64.7 Å². The van der Waals surface area contributed by atoms with Crippen LogP contribution in [0.3, 0.4) is 0 Å². The van der Waals surface area contributed by atoms with Crippen molar-refractivity contribution < 1.29 is 19.4 Å². The number of benzene rings is 2. The van der Waals surface area contributed by atoms with Crippen molar-refractivity contribution in [3.8, 4) is 5.75 Å². The first-order chi connectivity index (χ1) is 15.8. The van der Waals surface area contributed by atoms with Crippen molar-refractivity contribution in [2.45, 2.75) is 36.9 Å². The summed E-state index contributed by atoms with van der Waals surface area (Å²) in [5, 5.41) is 12.4. The average Bonchev–Trinajstić information content (AvgIpc) is 3.28. The highest BCUT2D eigenvalue weighted by atomic mass is 35.5. The minimum atomic E-state index is -0.882. The number of carboxylic acids is 1. The summed E-state index contributed by atoms with van der Waals surface area (Å²) in [4.78, 5) is 28.4. The first-order valence-electron chi connectivity index (χ1n) is 11.2. The summed E-state index contributed by atoms with van der Waals surface area (Å²) in [5.41, 5.74) is 1.63. The fourth-order valence-electron chi connectivity index (χ4n) is 4.91. The van der Waals surface area contributed by atoms with E-state index in [0.29, 0.717) is 42.4 Å². The number of piperidine rings is 1. The number of carbonyl (C=O) groups is 2. The molecule has 2 aliphatic heterocycles. The largest absolute Gasteiger partial charge is 0.489 e. The summed E-state index contributed by atoms with van der Waals surface area (Å²) in [7, 11) is 4.19. The zero-order valence-corrected chi connectivity index (χ0v) is 19.7. The van der Waals surface area contributed by atoms with Crippen molar-refractivity contribution in [3.63, 3.8) is 0 Å². The number of hydrogen-bond donors (Lipinski definition) is 2. The zero-order chi connectivity index (χ0) is 23.6. The molecule has 2 N–H and O–H groups in total. The first-order valence-corrected chi connectivity index (χ1v) is 11.6. The van der Waals surface area contributed by atoms with Crippen LogP contribution in [-0.2, 0) is 10.3 Å². The van der Waals surface area contributed by atoms with Crippen molar-refractivity contribution >= 4 is 23.5 Å². The Labute approximate surface area is 199 Å². The quantitative estimate of drug-likeness (QED) is 0.673. The molecule has 1 amide bonds. The summed E-state index contributed by atoms with van der Waals surface area (Å²) in [5.74, 6) is -0.434. The van der Waals surface area contributed by atoms with Gasteiger partial charge in [0.15, 0.2) is 0 Å². The lowest BCUT2D eigenvalue weighted by atomic mass is 9.79. The molecule has 4 rings (SSSR count). The number of rotatable bonds is 6. The monoisotopic (exact) mass is 471 g/mol. The van der Waals surface area contributed by atoms with E-state index in [-0.39, 0.29) is 17.6 Å². The van der Waals surface area contributed by atoms with E-state index in [9.17, 15) is 9.59 Å². The number of nitrogens with zero attached hydrogens (tertiary/aromatic N) is 2. The van der Waals surface area contributed by atoms with Gasteiger partial charge in [-0.2, -0.15) is 0 Å². The second-order valence-electron chi connectivity index (χ2n) is 9.00. The Morgan fingerprint density at radius 1 is 1.15 bits per heavy atom. The number of halogens is 1. The molecule has 0 aliphatic carbocycles. The van der Waals surface area contributed by atoms with Gasteiger partial charge in [-0.05, 0) is 50.7 Å². The van der Waals surface area contributed by atoms with Crippen LogP contribution in [0.2, 0.25) is 5.02 Å². The second kappa shape index (κ2) is 9.71. The van der Waals surface area contributed by atoms with Crippen LogP contribution in [0.25, 0.3) is 0 Å². The molecule has 0 radical (unpaired) electrons. The van der Waals surface area contributed by atoms with Crippen LogP contribution in [0.5, 0.6) is 5.75 Å². The first kappa shape index (κ1) is 23.5. The number of carboxylic acid groups (broad SMARTS) is 1. The van der Waals surface area contributed by atoms with E-state index in [2.05, 4.69) is 48.6 Å². The van der Waals surface area contributed by atoms with E-state index in [1.165, 1.54) is 5.56 Å². The average molecular weight is 472 g/mol. The minimum absolute atomic E-state index is 0.0829. The fraction of sp³-hybridized carbons (Fsp3) is 0.440. The van der Waals surface area contributed by atoms with Gasteiger partial charge >= 0.3 is 5.97 Å². The predicted octanol–water partition coefficient (Wildman–Crippen LogP) is 3.23. The molecule has 0 bridgehead atoms.